The van der Waals surface area contributed by atoms with Crippen LogP contribution in [0.2, 0.25) is 0 Å². The van der Waals surface area contributed by atoms with Gasteiger partial charge in [0.15, 0.2) is 0 Å². The first-order chi connectivity index (χ1) is 15.2. The highest BCUT2D eigenvalue weighted by molar-refractivity contribution is 5.81. The van der Waals surface area contributed by atoms with Crippen molar-refractivity contribution in [3.63, 3.8) is 0 Å². The molecular formula is C28H27NO2. The molecule has 6 rings (SSSR count). The van der Waals surface area contributed by atoms with Crippen LogP contribution in [-0.4, -0.2) is 22.6 Å². The zero-order valence-corrected chi connectivity index (χ0v) is 17.6. The monoisotopic (exact) mass is 409 g/mol. The normalized spacial score (nSPS) is 28.5. The summed E-state index contributed by atoms with van der Waals surface area (Å²) in [5.41, 5.74) is 2.33. The minimum Gasteiger partial charge on any atom is -0.337 e. The lowest BCUT2D eigenvalue weighted by molar-refractivity contribution is -0.147. The van der Waals surface area contributed by atoms with Gasteiger partial charge >= 0.3 is 0 Å². The standard InChI is InChI=1S/C28H27NO2/c30-26-20-24-17-10-18-27(24)29(26)25(19-21-11-4-1-5-12-21)28(31-27,22-13-6-2-7-14-22)23-15-8-3-9-16-23/h1-9,11-16,24-25H,10,17-20H2/t24-,25-,27+/m0/s1. The van der Waals surface area contributed by atoms with E-state index in [2.05, 4.69) is 77.7 Å². The maximum atomic E-state index is 13.5. The van der Waals surface area contributed by atoms with Crippen molar-refractivity contribution in [1.29, 1.82) is 0 Å². The van der Waals surface area contributed by atoms with Gasteiger partial charge in [-0.1, -0.05) is 91.0 Å². The predicted octanol–water partition coefficient (Wildman–Crippen LogP) is 5.30. The van der Waals surface area contributed by atoms with Gasteiger partial charge in [0, 0.05) is 12.3 Å². The fourth-order valence-corrected chi connectivity index (χ4v) is 6.39. The molecule has 3 fully saturated rings. The van der Waals surface area contributed by atoms with Crippen LogP contribution in [0.15, 0.2) is 91.0 Å². The van der Waals surface area contributed by atoms with E-state index in [1.54, 1.807) is 0 Å². The van der Waals surface area contributed by atoms with E-state index < -0.39 is 11.3 Å². The number of carbonyl (C=O) groups is 1. The highest BCUT2D eigenvalue weighted by atomic mass is 16.6. The minimum absolute atomic E-state index is 0.0877. The Bertz CT molecular complexity index is 1040. The molecule has 156 valence electrons. The lowest BCUT2D eigenvalue weighted by atomic mass is 9.77. The van der Waals surface area contributed by atoms with Gasteiger partial charge in [-0.25, -0.2) is 0 Å². The smallest absolute Gasteiger partial charge is 0.225 e. The molecule has 2 aliphatic heterocycles. The zero-order valence-electron chi connectivity index (χ0n) is 17.6. The molecule has 0 N–H and O–H groups in total. The van der Waals surface area contributed by atoms with Gasteiger partial charge in [0.05, 0.1) is 6.04 Å². The first-order valence-electron chi connectivity index (χ1n) is 11.4. The zero-order chi connectivity index (χ0) is 20.9. The third kappa shape index (κ3) is 2.66. The average molecular weight is 410 g/mol. The minimum atomic E-state index is -0.684. The number of hydrogen-bond donors (Lipinski definition) is 0. The van der Waals surface area contributed by atoms with Gasteiger partial charge in [0.2, 0.25) is 5.91 Å². The van der Waals surface area contributed by atoms with Gasteiger partial charge in [-0.05, 0) is 42.4 Å². The molecule has 0 bridgehead atoms. The molecular weight excluding hydrogens is 382 g/mol. The lowest BCUT2D eigenvalue weighted by Gasteiger charge is -2.37. The number of ether oxygens (including phenoxy) is 1. The van der Waals surface area contributed by atoms with E-state index >= 15 is 0 Å². The van der Waals surface area contributed by atoms with E-state index in [9.17, 15) is 4.79 Å². The number of amides is 1. The third-order valence-electron chi connectivity index (χ3n) is 7.62. The summed E-state index contributed by atoms with van der Waals surface area (Å²) in [6.45, 7) is 0. The summed E-state index contributed by atoms with van der Waals surface area (Å²) in [7, 11) is 0. The van der Waals surface area contributed by atoms with Crippen molar-refractivity contribution in [3.8, 4) is 0 Å². The molecule has 1 spiro atoms. The first-order valence-corrected chi connectivity index (χ1v) is 11.4. The van der Waals surface area contributed by atoms with Gasteiger partial charge in [0.25, 0.3) is 0 Å². The summed E-state index contributed by atoms with van der Waals surface area (Å²) in [4.78, 5) is 15.6. The fourth-order valence-electron chi connectivity index (χ4n) is 6.39. The number of hydrogen-bond acceptors (Lipinski definition) is 2. The second-order valence-corrected chi connectivity index (χ2v) is 9.18. The first kappa shape index (κ1) is 18.8. The molecule has 0 aromatic heterocycles. The SMILES string of the molecule is O=C1C[C@@H]2CCC[C@@]23OC(c2ccccc2)(c2ccccc2)[C@H](Cc2ccccc2)N13. The van der Waals surface area contributed by atoms with Crippen LogP contribution in [-0.2, 0) is 21.6 Å². The van der Waals surface area contributed by atoms with Crippen molar-refractivity contribution in [1.82, 2.24) is 4.90 Å². The fraction of sp³-hybridized carbons (Fsp3) is 0.321. The van der Waals surface area contributed by atoms with Gasteiger partial charge in [-0.3, -0.25) is 4.79 Å². The molecule has 2 saturated heterocycles. The van der Waals surface area contributed by atoms with Crippen molar-refractivity contribution in [2.24, 2.45) is 5.92 Å². The van der Waals surface area contributed by atoms with Crippen molar-refractivity contribution in [2.45, 2.75) is 49.5 Å². The van der Waals surface area contributed by atoms with Crippen LogP contribution in [0, 0.1) is 5.92 Å². The lowest BCUT2D eigenvalue weighted by Crippen LogP contribution is -2.49. The van der Waals surface area contributed by atoms with E-state index in [4.69, 9.17) is 4.74 Å². The quantitative estimate of drug-likeness (QED) is 0.585. The maximum absolute atomic E-state index is 13.5. The van der Waals surface area contributed by atoms with Gasteiger partial charge in [-0.15, -0.1) is 0 Å². The van der Waals surface area contributed by atoms with E-state index in [1.165, 1.54) is 5.56 Å². The van der Waals surface area contributed by atoms with Crippen molar-refractivity contribution < 1.29 is 9.53 Å². The van der Waals surface area contributed by atoms with Crippen LogP contribution < -0.4 is 0 Å². The number of carbonyl (C=O) groups excluding carboxylic acids is 1. The third-order valence-corrected chi connectivity index (χ3v) is 7.62. The summed E-state index contributed by atoms with van der Waals surface area (Å²) >= 11 is 0. The number of rotatable bonds is 4. The molecule has 0 radical (unpaired) electrons. The predicted molar refractivity (Wildman–Crippen MR) is 120 cm³/mol. The number of benzene rings is 3. The molecule has 2 heterocycles. The molecule has 1 amide bonds. The van der Waals surface area contributed by atoms with Crippen molar-refractivity contribution >= 4 is 5.91 Å². The molecule has 3 nitrogen and oxygen atoms in total. The van der Waals surface area contributed by atoms with Crippen LogP contribution in [0.4, 0.5) is 0 Å². The Kier molecular flexibility index (Phi) is 4.29. The molecule has 3 atom stereocenters. The molecule has 3 aromatic rings. The summed E-state index contributed by atoms with van der Waals surface area (Å²) < 4.78 is 7.32. The van der Waals surface area contributed by atoms with E-state index in [0.29, 0.717) is 6.42 Å². The van der Waals surface area contributed by atoms with Crippen LogP contribution in [0.5, 0.6) is 0 Å². The maximum Gasteiger partial charge on any atom is 0.225 e. The van der Waals surface area contributed by atoms with E-state index in [1.807, 2.05) is 18.2 Å². The summed E-state index contributed by atoms with van der Waals surface area (Å²) in [5.74, 6) is 0.534. The Morgan fingerprint density at radius 3 is 2.03 bits per heavy atom. The Hall–Kier alpha value is -2.91. The van der Waals surface area contributed by atoms with Crippen LogP contribution in [0.1, 0.15) is 42.4 Å². The summed E-state index contributed by atoms with van der Waals surface area (Å²) in [6, 6.07) is 31.5. The Morgan fingerprint density at radius 1 is 0.839 bits per heavy atom. The highest BCUT2D eigenvalue weighted by Crippen LogP contribution is 2.61. The van der Waals surface area contributed by atoms with E-state index in [-0.39, 0.29) is 17.9 Å². The average Bonchev–Trinajstić information content (AvgIpc) is 3.42. The second-order valence-electron chi connectivity index (χ2n) is 9.18. The highest BCUT2D eigenvalue weighted by Gasteiger charge is 2.70. The molecule has 3 aromatic carbocycles. The van der Waals surface area contributed by atoms with Gasteiger partial charge in [-0.2, -0.15) is 0 Å². The van der Waals surface area contributed by atoms with Gasteiger partial charge in [0.1, 0.15) is 11.3 Å². The Morgan fingerprint density at radius 2 is 1.42 bits per heavy atom. The summed E-state index contributed by atoms with van der Waals surface area (Å²) in [6.07, 6.45) is 4.50. The topological polar surface area (TPSA) is 29.5 Å². The van der Waals surface area contributed by atoms with Crippen molar-refractivity contribution in [3.05, 3.63) is 108 Å². The van der Waals surface area contributed by atoms with Crippen molar-refractivity contribution in [2.75, 3.05) is 0 Å². The van der Waals surface area contributed by atoms with Gasteiger partial charge < -0.3 is 9.64 Å². The second kappa shape index (κ2) is 7.06. The summed E-state index contributed by atoms with van der Waals surface area (Å²) in [5, 5.41) is 0. The number of nitrogens with zero attached hydrogens (tertiary/aromatic N) is 1. The molecule has 3 aliphatic rings. The molecule has 0 unspecified atom stereocenters. The molecule has 31 heavy (non-hydrogen) atoms. The Labute approximate surface area is 183 Å². The largest absolute Gasteiger partial charge is 0.337 e. The molecule has 1 aliphatic carbocycles. The van der Waals surface area contributed by atoms with Crippen LogP contribution >= 0.6 is 0 Å². The molecule has 1 saturated carbocycles. The Balaban J connectivity index is 1.60. The van der Waals surface area contributed by atoms with E-state index in [0.717, 1.165) is 36.8 Å². The van der Waals surface area contributed by atoms with Crippen LogP contribution in [0.3, 0.4) is 0 Å². The molecule has 3 heteroatoms. The van der Waals surface area contributed by atoms with Crippen LogP contribution in [0.25, 0.3) is 0 Å².